The molecule has 0 bridgehead atoms. The molecule has 1 atom stereocenters. The van der Waals surface area contributed by atoms with Crippen LogP contribution in [0.1, 0.15) is 18.4 Å². The molecule has 1 fully saturated rings. The van der Waals surface area contributed by atoms with E-state index in [0.717, 1.165) is 47.1 Å². The summed E-state index contributed by atoms with van der Waals surface area (Å²) in [5, 5.41) is 22.4. The van der Waals surface area contributed by atoms with Crippen molar-refractivity contribution in [2.45, 2.75) is 31.8 Å². The quantitative estimate of drug-likeness (QED) is 0.842. The van der Waals surface area contributed by atoms with Gasteiger partial charge >= 0.3 is 0 Å². The highest BCUT2D eigenvalue weighted by atomic mass is 15.6. The summed E-state index contributed by atoms with van der Waals surface area (Å²) in [6.07, 6.45) is 7.54. The van der Waals surface area contributed by atoms with Gasteiger partial charge < -0.3 is 5.32 Å². The molecule has 140 valence electrons. The summed E-state index contributed by atoms with van der Waals surface area (Å²) in [7, 11) is 0. The number of aliphatic imine (C=N–C) groups is 2. The Balaban J connectivity index is 1.46. The minimum atomic E-state index is -0.337. The molecule has 0 radical (unpaired) electrons. The number of hydrogen-bond donors (Lipinski definition) is 2. The number of fused-ring (bicyclic) bond motifs is 1. The van der Waals surface area contributed by atoms with Crippen LogP contribution in [0.25, 0.3) is 5.69 Å². The van der Waals surface area contributed by atoms with Crippen molar-refractivity contribution in [1.82, 2.24) is 25.2 Å². The van der Waals surface area contributed by atoms with Gasteiger partial charge in [-0.15, -0.1) is 10.2 Å². The van der Waals surface area contributed by atoms with E-state index < -0.39 is 0 Å². The number of amidine groups is 1. The van der Waals surface area contributed by atoms with E-state index in [1.165, 1.54) is 0 Å². The van der Waals surface area contributed by atoms with E-state index in [9.17, 15) is 5.26 Å². The number of nitrogens with zero attached hydrogens (tertiary/aromatic N) is 7. The molecule has 9 nitrogen and oxygen atoms in total. The van der Waals surface area contributed by atoms with Crippen LogP contribution in [0.2, 0.25) is 0 Å². The minimum absolute atomic E-state index is 0.337. The number of aryl methyl sites for hydroxylation is 1. The summed E-state index contributed by atoms with van der Waals surface area (Å²) in [6.45, 7) is 2.49. The molecule has 0 spiro atoms. The molecule has 0 saturated heterocycles. The number of anilines is 1. The Morgan fingerprint density at radius 3 is 2.86 bits per heavy atom. The van der Waals surface area contributed by atoms with Crippen molar-refractivity contribution in [3.05, 3.63) is 48.3 Å². The van der Waals surface area contributed by atoms with Gasteiger partial charge in [0.15, 0.2) is 11.9 Å². The highest BCUT2D eigenvalue weighted by Crippen LogP contribution is 2.26. The molecule has 3 aliphatic rings. The summed E-state index contributed by atoms with van der Waals surface area (Å²) in [4.78, 5) is 9.29. The molecule has 1 aromatic carbocycles. The van der Waals surface area contributed by atoms with Gasteiger partial charge in [0.2, 0.25) is 0 Å². The lowest BCUT2D eigenvalue weighted by molar-refractivity contribution is 0.328. The minimum Gasteiger partial charge on any atom is -0.341 e. The smallest absolute Gasteiger partial charge is 0.169 e. The molecule has 3 heterocycles. The average Bonchev–Trinajstić information content (AvgIpc) is 3.18. The number of nitriles is 1. The zero-order valence-corrected chi connectivity index (χ0v) is 15.4. The Kier molecular flexibility index (Phi) is 3.83. The van der Waals surface area contributed by atoms with Gasteiger partial charge in [-0.25, -0.2) is 5.01 Å². The van der Waals surface area contributed by atoms with Crippen molar-refractivity contribution in [3.8, 4) is 11.8 Å². The Morgan fingerprint density at radius 1 is 1.29 bits per heavy atom. The average molecular weight is 373 g/mol. The maximum absolute atomic E-state index is 9.43. The topological polar surface area (TPSA) is 107 Å². The molecule has 2 N–H and O–H groups in total. The van der Waals surface area contributed by atoms with E-state index in [1.807, 2.05) is 35.8 Å². The van der Waals surface area contributed by atoms with E-state index >= 15 is 0 Å². The maximum atomic E-state index is 9.43. The standard InChI is InChI=1S/C19H19N9/c1-12-2-3-14(6-17(12)27-10-22-23-11-27)25-18-7-16(24-13-4-5-13)19-21-9-15(8-20)28(19)26-18/h2-3,6-7,10-11,13,15,25-26H,4-5,9H2,1H3. The highest BCUT2D eigenvalue weighted by molar-refractivity contribution is 6.46. The van der Waals surface area contributed by atoms with Gasteiger partial charge in [-0.05, 0) is 37.5 Å². The summed E-state index contributed by atoms with van der Waals surface area (Å²) >= 11 is 0. The van der Waals surface area contributed by atoms with Crippen molar-refractivity contribution in [2.24, 2.45) is 9.98 Å². The molecule has 1 unspecified atom stereocenters. The molecular weight excluding hydrogens is 354 g/mol. The molecule has 2 aliphatic heterocycles. The van der Waals surface area contributed by atoms with Crippen LogP contribution in [0, 0.1) is 18.3 Å². The number of hydrazine groups is 1. The Morgan fingerprint density at radius 2 is 2.11 bits per heavy atom. The second-order valence-electron chi connectivity index (χ2n) is 7.09. The summed E-state index contributed by atoms with van der Waals surface area (Å²) in [5.74, 6) is 1.51. The molecule has 28 heavy (non-hydrogen) atoms. The van der Waals surface area contributed by atoms with E-state index in [1.54, 1.807) is 17.7 Å². The first-order valence-electron chi connectivity index (χ1n) is 9.24. The first-order chi connectivity index (χ1) is 13.7. The molecule has 5 rings (SSSR count). The zero-order chi connectivity index (χ0) is 19.1. The molecule has 2 aromatic rings. The Hall–Kier alpha value is -3.67. The predicted molar refractivity (Wildman–Crippen MR) is 105 cm³/mol. The van der Waals surface area contributed by atoms with Crippen molar-refractivity contribution in [2.75, 3.05) is 11.9 Å². The third-order valence-electron chi connectivity index (χ3n) is 4.91. The molecule has 9 heteroatoms. The lowest BCUT2D eigenvalue weighted by atomic mass is 10.1. The van der Waals surface area contributed by atoms with Gasteiger partial charge in [0.05, 0.1) is 24.3 Å². The third kappa shape index (κ3) is 2.99. The van der Waals surface area contributed by atoms with Crippen LogP contribution in [0.4, 0.5) is 5.69 Å². The van der Waals surface area contributed by atoms with E-state index in [-0.39, 0.29) is 6.04 Å². The van der Waals surface area contributed by atoms with Crippen molar-refractivity contribution in [1.29, 1.82) is 5.26 Å². The first kappa shape index (κ1) is 16.5. The van der Waals surface area contributed by atoms with Gasteiger partial charge in [0.1, 0.15) is 24.2 Å². The SMILES string of the molecule is Cc1ccc(NC2=CC(=NC3CC3)C3=NCC(C#N)N3N2)cc1-n1cnnc1. The van der Waals surface area contributed by atoms with Gasteiger partial charge in [0, 0.05) is 11.8 Å². The monoisotopic (exact) mass is 373 g/mol. The number of hydrogen-bond acceptors (Lipinski definition) is 8. The summed E-state index contributed by atoms with van der Waals surface area (Å²) < 4.78 is 1.88. The lowest BCUT2D eigenvalue weighted by Gasteiger charge is -2.31. The Labute approximate surface area is 162 Å². The second-order valence-corrected chi connectivity index (χ2v) is 7.09. The van der Waals surface area contributed by atoms with Gasteiger partial charge in [-0.1, -0.05) is 6.07 Å². The number of aromatic nitrogens is 3. The Bertz CT molecular complexity index is 1040. The van der Waals surface area contributed by atoms with Crippen LogP contribution in [-0.2, 0) is 0 Å². The third-order valence-corrected chi connectivity index (χ3v) is 4.91. The highest BCUT2D eigenvalue weighted by Gasteiger charge is 2.35. The fourth-order valence-corrected chi connectivity index (χ4v) is 3.28. The predicted octanol–water partition coefficient (Wildman–Crippen LogP) is 1.56. The lowest BCUT2D eigenvalue weighted by Crippen LogP contribution is -2.52. The van der Waals surface area contributed by atoms with E-state index in [2.05, 4.69) is 32.0 Å². The number of nitrogens with one attached hydrogen (secondary N) is 2. The van der Waals surface area contributed by atoms with Gasteiger partial charge in [0.25, 0.3) is 0 Å². The van der Waals surface area contributed by atoms with Crippen molar-refractivity contribution in [3.63, 3.8) is 0 Å². The molecular formula is C19H19N9. The maximum Gasteiger partial charge on any atom is 0.169 e. The van der Waals surface area contributed by atoms with Crippen LogP contribution in [0.3, 0.4) is 0 Å². The molecule has 1 aliphatic carbocycles. The second kappa shape index (κ2) is 6.49. The van der Waals surface area contributed by atoms with E-state index in [4.69, 9.17) is 4.99 Å². The van der Waals surface area contributed by atoms with Crippen molar-refractivity contribution >= 4 is 17.2 Å². The number of rotatable bonds is 4. The van der Waals surface area contributed by atoms with Crippen molar-refractivity contribution < 1.29 is 0 Å². The van der Waals surface area contributed by atoms with Crippen LogP contribution in [0.5, 0.6) is 0 Å². The summed E-state index contributed by atoms with van der Waals surface area (Å²) in [5.41, 5.74) is 7.12. The van der Waals surface area contributed by atoms with Crippen LogP contribution in [0.15, 0.2) is 52.7 Å². The number of benzene rings is 1. The zero-order valence-electron chi connectivity index (χ0n) is 15.4. The largest absolute Gasteiger partial charge is 0.341 e. The first-order valence-corrected chi connectivity index (χ1v) is 9.24. The van der Waals surface area contributed by atoms with Crippen LogP contribution in [-0.4, -0.2) is 49.9 Å². The molecule has 1 saturated carbocycles. The fraction of sp³-hybridized carbons (Fsp3) is 0.316. The normalized spacial score (nSPS) is 22.2. The fourth-order valence-electron chi connectivity index (χ4n) is 3.28. The molecule has 0 amide bonds. The molecule has 1 aromatic heterocycles. The van der Waals surface area contributed by atoms with Crippen LogP contribution >= 0.6 is 0 Å². The van der Waals surface area contributed by atoms with Gasteiger partial charge in [-0.3, -0.25) is 20.0 Å². The van der Waals surface area contributed by atoms with E-state index in [0.29, 0.717) is 12.6 Å². The van der Waals surface area contributed by atoms with Gasteiger partial charge in [-0.2, -0.15) is 5.26 Å². The van der Waals surface area contributed by atoms with Crippen LogP contribution < -0.4 is 10.7 Å². The summed E-state index contributed by atoms with van der Waals surface area (Å²) in [6, 6.07) is 8.42.